The van der Waals surface area contributed by atoms with E-state index < -0.39 is 11.8 Å². The normalized spacial score (nSPS) is 19.2. The van der Waals surface area contributed by atoms with Gasteiger partial charge in [0.1, 0.15) is 5.82 Å². The summed E-state index contributed by atoms with van der Waals surface area (Å²) in [6.45, 7) is 3.17. The summed E-state index contributed by atoms with van der Waals surface area (Å²) >= 11 is 1.58. The molecule has 7 heteroatoms. The zero-order chi connectivity index (χ0) is 17.2. The fourth-order valence-electron chi connectivity index (χ4n) is 2.66. The van der Waals surface area contributed by atoms with Crippen molar-refractivity contribution in [2.45, 2.75) is 0 Å². The first kappa shape index (κ1) is 16.0. The molecule has 1 aromatic carbocycles. The van der Waals surface area contributed by atoms with E-state index in [2.05, 4.69) is 9.89 Å². The van der Waals surface area contributed by atoms with Crippen molar-refractivity contribution in [3.8, 4) is 0 Å². The molecule has 0 amide bonds. The van der Waals surface area contributed by atoms with Crippen LogP contribution in [-0.4, -0.2) is 38.2 Å². The van der Waals surface area contributed by atoms with Gasteiger partial charge in [-0.15, -0.1) is 11.3 Å². The maximum atomic E-state index is 13.3. The highest BCUT2D eigenvalue weighted by Gasteiger charge is 2.24. The predicted octanol–water partition coefficient (Wildman–Crippen LogP) is 3.07. The number of thiophene rings is 1. The third kappa shape index (κ3) is 3.47. The Balaban J connectivity index is 1.56. The number of benzene rings is 1. The molecule has 0 aliphatic carbocycles. The van der Waals surface area contributed by atoms with Gasteiger partial charge >= 0.3 is 5.97 Å². The summed E-state index contributed by atoms with van der Waals surface area (Å²) < 4.78 is 23.8. The average molecular weight is 358 g/mol. The molecule has 2 aromatic rings. The number of carbonyl (C=O) groups is 1. The largest absolute Gasteiger partial charge is 0.402 e. The van der Waals surface area contributed by atoms with Crippen LogP contribution < -0.4 is 4.90 Å². The van der Waals surface area contributed by atoms with Crippen LogP contribution in [0.3, 0.4) is 0 Å². The zero-order valence-electron chi connectivity index (χ0n) is 13.3. The molecule has 0 spiro atoms. The van der Waals surface area contributed by atoms with E-state index >= 15 is 0 Å². The first-order valence-corrected chi connectivity index (χ1v) is 8.72. The van der Waals surface area contributed by atoms with Crippen LogP contribution >= 0.6 is 11.3 Å². The Kier molecular flexibility index (Phi) is 4.33. The molecule has 128 valence electrons. The van der Waals surface area contributed by atoms with Crippen molar-refractivity contribution in [1.82, 2.24) is 0 Å². The number of halogens is 1. The van der Waals surface area contributed by atoms with Gasteiger partial charge in [-0.3, -0.25) is 0 Å². The molecule has 1 fully saturated rings. The number of hydrogen-bond donors (Lipinski definition) is 0. The molecule has 1 saturated heterocycles. The fourth-order valence-corrected chi connectivity index (χ4v) is 3.66. The van der Waals surface area contributed by atoms with Crippen LogP contribution in [0.4, 0.5) is 9.39 Å². The van der Waals surface area contributed by atoms with Gasteiger partial charge in [0.25, 0.3) is 0 Å². The summed E-state index contributed by atoms with van der Waals surface area (Å²) in [5.41, 5.74) is 0.659. The van der Waals surface area contributed by atoms with Gasteiger partial charge < -0.3 is 14.4 Å². The molecule has 0 unspecified atom stereocenters. The molecule has 0 radical (unpaired) electrons. The summed E-state index contributed by atoms with van der Waals surface area (Å²) in [6, 6.07) is 9.80. The number of esters is 1. The fraction of sp³-hybridized carbons (Fsp3) is 0.222. The van der Waals surface area contributed by atoms with Crippen molar-refractivity contribution in [1.29, 1.82) is 0 Å². The molecule has 0 saturated carbocycles. The van der Waals surface area contributed by atoms with E-state index in [1.165, 1.54) is 12.1 Å². The van der Waals surface area contributed by atoms with Gasteiger partial charge in [-0.1, -0.05) is 6.07 Å². The Morgan fingerprint density at radius 3 is 2.84 bits per heavy atom. The second-order valence-corrected chi connectivity index (χ2v) is 6.72. The molecule has 5 nitrogen and oxygen atoms in total. The van der Waals surface area contributed by atoms with Crippen LogP contribution in [0.1, 0.15) is 10.4 Å². The SMILES string of the molecule is O=C1OC(c2cccc(F)c2)=NC1=Cc1ccc(N2CCOCC2)s1. The van der Waals surface area contributed by atoms with Crippen LogP contribution in [0.15, 0.2) is 47.1 Å². The molecule has 0 atom stereocenters. The number of aliphatic imine (C=N–C) groups is 1. The standard InChI is InChI=1S/C18H15FN2O3S/c19-13-3-1-2-12(10-13)17-20-15(18(22)24-17)11-14-4-5-16(25-14)21-6-8-23-9-7-21/h1-5,10-11H,6-9H2. The Morgan fingerprint density at radius 1 is 1.20 bits per heavy atom. The lowest BCUT2D eigenvalue weighted by Gasteiger charge is -2.27. The summed E-state index contributed by atoms with van der Waals surface area (Å²) in [7, 11) is 0. The van der Waals surface area contributed by atoms with Gasteiger partial charge in [-0.05, 0) is 36.4 Å². The monoisotopic (exact) mass is 358 g/mol. The zero-order valence-corrected chi connectivity index (χ0v) is 14.1. The first-order valence-electron chi connectivity index (χ1n) is 7.90. The van der Waals surface area contributed by atoms with Crippen LogP contribution in [0, 0.1) is 5.82 Å². The highest BCUT2D eigenvalue weighted by molar-refractivity contribution is 7.16. The van der Waals surface area contributed by atoms with Crippen LogP contribution in [0.25, 0.3) is 6.08 Å². The minimum absolute atomic E-state index is 0.126. The Hall–Kier alpha value is -2.51. The third-order valence-electron chi connectivity index (χ3n) is 3.91. The van der Waals surface area contributed by atoms with Crippen LogP contribution in [-0.2, 0) is 14.3 Å². The van der Waals surface area contributed by atoms with E-state index in [4.69, 9.17) is 9.47 Å². The average Bonchev–Trinajstić information content (AvgIpc) is 3.24. The Bertz CT molecular complexity index is 869. The number of nitrogens with zero attached hydrogens (tertiary/aromatic N) is 2. The smallest absolute Gasteiger partial charge is 0.363 e. The number of cyclic esters (lactones) is 1. The van der Waals surface area contributed by atoms with Crippen molar-refractivity contribution in [3.05, 3.63) is 58.4 Å². The number of hydrogen-bond acceptors (Lipinski definition) is 6. The number of morpholine rings is 1. The summed E-state index contributed by atoms with van der Waals surface area (Å²) in [6.07, 6.45) is 1.70. The topological polar surface area (TPSA) is 51.1 Å². The number of anilines is 1. The minimum atomic E-state index is -0.527. The lowest BCUT2D eigenvalue weighted by Crippen LogP contribution is -2.35. The maximum absolute atomic E-state index is 13.3. The second kappa shape index (κ2) is 6.78. The second-order valence-electron chi connectivity index (χ2n) is 5.62. The molecule has 3 heterocycles. The molecular weight excluding hydrogens is 343 g/mol. The Labute approximate surface area is 148 Å². The van der Waals surface area contributed by atoms with Crippen molar-refractivity contribution in [3.63, 3.8) is 0 Å². The molecule has 4 rings (SSSR count). The lowest BCUT2D eigenvalue weighted by molar-refractivity contribution is -0.129. The van der Waals surface area contributed by atoms with E-state index in [1.807, 2.05) is 12.1 Å². The van der Waals surface area contributed by atoms with Crippen LogP contribution in [0.5, 0.6) is 0 Å². The summed E-state index contributed by atoms with van der Waals surface area (Å²) in [4.78, 5) is 19.4. The first-order chi connectivity index (χ1) is 12.2. The minimum Gasteiger partial charge on any atom is -0.402 e. The van der Waals surface area contributed by atoms with E-state index in [0.717, 1.165) is 36.2 Å². The van der Waals surface area contributed by atoms with Crippen molar-refractivity contribution < 1.29 is 18.7 Å². The number of ether oxygens (including phenoxy) is 2. The molecule has 0 bridgehead atoms. The van der Waals surface area contributed by atoms with Gasteiger partial charge in [-0.25, -0.2) is 14.2 Å². The third-order valence-corrected chi connectivity index (χ3v) is 5.00. The summed E-state index contributed by atoms with van der Waals surface area (Å²) in [5.74, 6) is -0.802. The van der Waals surface area contributed by atoms with Gasteiger partial charge in [-0.2, -0.15) is 0 Å². The van der Waals surface area contributed by atoms with Gasteiger partial charge in [0.05, 0.1) is 18.2 Å². The number of rotatable bonds is 3. The van der Waals surface area contributed by atoms with Gasteiger partial charge in [0.2, 0.25) is 5.90 Å². The molecule has 0 N–H and O–H groups in total. The summed E-state index contributed by atoms with van der Waals surface area (Å²) in [5, 5.41) is 1.14. The molecule has 2 aliphatic rings. The Morgan fingerprint density at radius 2 is 2.04 bits per heavy atom. The van der Waals surface area contributed by atoms with E-state index in [9.17, 15) is 9.18 Å². The van der Waals surface area contributed by atoms with Crippen LogP contribution in [0.2, 0.25) is 0 Å². The van der Waals surface area contributed by atoms with E-state index in [-0.39, 0.29) is 11.6 Å². The number of carbonyl (C=O) groups excluding carboxylic acids is 1. The highest BCUT2D eigenvalue weighted by Crippen LogP contribution is 2.29. The molecule has 1 aromatic heterocycles. The van der Waals surface area contributed by atoms with Crippen molar-refractivity contribution in [2.75, 3.05) is 31.2 Å². The van der Waals surface area contributed by atoms with Gasteiger partial charge in [0.15, 0.2) is 5.70 Å². The van der Waals surface area contributed by atoms with Crippen molar-refractivity contribution in [2.24, 2.45) is 4.99 Å². The molecule has 25 heavy (non-hydrogen) atoms. The quantitative estimate of drug-likeness (QED) is 0.625. The maximum Gasteiger partial charge on any atom is 0.363 e. The molecule has 2 aliphatic heterocycles. The lowest BCUT2D eigenvalue weighted by atomic mass is 10.2. The van der Waals surface area contributed by atoms with Crippen molar-refractivity contribution >= 4 is 34.3 Å². The highest BCUT2D eigenvalue weighted by atomic mass is 32.1. The van der Waals surface area contributed by atoms with E-state index in [0.29, 0.717) is 5.56 Å². The van der Waals surface area contributed by atoms with E-state index in [1.54, 1.807) is 29.5 Å². The molecular formula is C18H15FN2O3S. The predicted molar refractivity (Wildman–Crippen MR) is 94.4 cm³/mol. The van der Waals surface area contributed by atoms with Gasteiger partial charge in [0, 0.05) is 23.5 Å².